The fourth-order valence-electron chi connectivity index (χ4n) is 3.74. The zero-order valence-corrected chi connectivity index (χ0v) is 18.6. The van der Waals surface area contributed by atoms with Crippen molar-refractivity contribution in [3.05, 3.63) is 0 Å². The van der Waals surface area contributed by atoms with Gasteiger partial charge in [0.15, 0.2) is 0 Å². The molecule has 0 radical (unpaired) electrons. The van der Waals surface area contributed by atoms with Crippen LogP contribution in [0.2, 0.25) is 0 Å². The molecular formula is C22H43N3O4. The van der Waals surface area contributed by atoms with E-state index in [0.29, 0.717) is 0 Å². The molecule has 3 unspecified atom stereocenters. The van der Waals surface area contributed by atoms with E-state index in [1.807, 2.05) is 0 Å². The van der Waals surface area contributed by atoms with E-state index < -0.39 is 23.8 Å². The molecule has 29 heavy (non-hydrogen) atoms. The van der Waals surface area contributed by atoms with E-state index in [0.717, 1.165) is 51.4 Å². The van der Waals surface area contributed by atoms with Crippen molar-refractivity contribution in [2.24, 2.45) is 29.0 Å². The predicted octanol–water partition coefficient (Wildman–Crippen LogP) is 2.77. The number of carboxylic acids is 1. The average molecular weight is 414 g/mol. The van der Waals surface area contributed by atoms with Crippen molar-refractivity contribution in [1.29, 1.82) is 0 Å². The van der Waals surface area contributed by atoms with Crippen molar-refractivity contribution < 1.29 is 19.5 Å². The molecule has 0 spiro atoms. The number of hydrogen-bond donors (Lipinski definition) is 4. The second kappa shape index (κ2) is 15.5. The van der Waals surface area contributed by atoms with Gasteiger partial charge in [-0.3, -0.25) is 14.4 Å². The highest BCUT2D eigenvalue weighted by molar-refractivity contribution is 6.03. The van der Waals surface area contributed by atoms with E-state index in [2.05, 4.69) is 13.8 Å². The van der Waals surface area contributed by atoms with Gasteiger partial charge in [0.1, 0.15) is 17.6 Å². The van der Waals surface area contributed by atoms with Crippen LogP contribution in [-0.4, -0.2) is 40.8 Å². The standard InChI is InChI=1S/C22H43N3O4/c1-4-6-8-10-16(23)13-19(26)21(15(3)12-18(25)22(28)29)20(27)14-17(24)11-9-7-5-2/h15-18,21H,4-14,23-25H2,1-3H3,(H,28,29)/t15?,16?,17?,18-,21?/m0/s1. The van der Waals surface area contributed by atoms with Crippen LogP contribution in [0.15, 0.2) is 0 Å². The Hall–Kier alpha value is -1.31. The molecule has 0 aliphatic carbocycles. The number of Topliss-reactive ketones (excluding diaryl/α,β-unsaturated/α-hetero) is 2. The molecule has 0 aliphatic heterocycles. The monoisotopic (exact) mass is 413 g/mol. The van der Waals surface area contributed by atoms with Gasteiger partial charge in [-0.15, -0.1) is 0 Å². The highest BCUT2D eigenvalue weighted by Crippen LogP contribution is 2.24. The first kappa shape index (κ1) is 27.7. The van der Waals surface area contributed by atoms with Gasteiger partial charge in [0.2, 0.25) is 0 Å². The number of hydrogen-bond acceptors (Lipinski definition) is 6. The smallest absolute Gasteiger partial charge is 0.320 e. The Morgan fingerprint density at radius 3 is 1.55 bits per heavy atom. The van der Waals surface area contributed by atoms with Gasteiger partial charge in [-0.2, -0.15) is 0 Å². The van der Waals surface area contributed by atoms with E-state index in [9.17, 15) is 14.4 Å². The van der Waals surface area contributed by atoms with E-state index >= 15 is 0 Å². The Kier molecular flexibility index (Phi) is 14.8. The molecule has 4 atom stereocenters. The van der Waals surface area contributed by atoms with E-state index in [1.165, 1.54) is 0 Å². The molecule has 0 aromatic rings. The molecule has 7 N–H and O–H groups in total. The van der Waals surface area contributed by atoms with Gasteiger partial charge in [0, 0.05) is 24.9 Å². The second-order valence-corrected chi connectivity index (χ2v) is 8.49. The Morgan fingerprint density at radius 2 is 1.21 bits per heavy atom. The second-order valence-electron chi connectivity index (χ2n) is 8.49. The van der Waals surface area contributed by atoms with Crippen molar-refractivity contribution in [3.8, 4) is 0 Å². The maximum absolute atomic E-state index is 12.9. The topological polar surface area (TPSA) is 150 Å². The lowest BCUT2D eigenvalue weighted by molar-refractivity contribution is -0.141. The molecule has 0 amide bonds. The van der Waals surface area contributed by atoms with Crippen molar-refractivity contribution in [2.45, 2.75) is 110 Å². The number of rotatable bonds is 18. The van der Waals surface area contributed by atoms with Crippen LogP contribution in [0.5, 0.6) is 0 Å². The lowest BCUT2D eigenvalue weighted by Gasteiger charge is -2.25. The van der Waals surface area contributed by atoms with E-state index in [-0.39, 0.29) is 42.9 Å². The van der Waals surface area contributed by atoms with E-state index in [4.69, 9.17) is 22.3 Å². The van der Waals surface area contributed by atoms with Crippen LogP contribution in [0.3, 0.4) is 0 Å². The first-order valence-corrected chi connectivity index (χ1v) is 11.2. The number of ketones is 2. The maximum atomic E-state index is 12.9. The Balaban J connectivity index is 5.09. The van der Waals surface area contributed by atoms with Gasteiger partial charge in [0.05, 0.1) is 5.92 Å². The van der Waals surface area contributed by atoms with Crippen LogP contribution in [0.25, 0.3) is 0 Å². The summed E-state index contributed by atoms with van der Waals surface area (Å²) in [6.45, 7) is 5.92. The summed E-state index contributed by atoms with van der Waals surface area (Å²) >= 11 is 0. The van der Waals surface area contributed by atoms with Gasteiger partial charge < -0.3 is 22.3 Å². The number of aliphatic carboxylic acids is 1. The lowest BCUT2D eigenvalue weighted by Crippen LogP contribution is -2.40. The molecule has 0 aromatic carbocycles. The molecule has 170 valence electrons. The first-order valence-electron chi connectivity index (χ1n) is 11.2. The molecule has 0 aliphatic rings. The predicted molar refractivity (Wildman–Crippen MR) is 116 cm³/mol. The summed E-state index contributed by atoms with van der Waals surface area (Å²) in [5.41, 5.74) is 17.9. The third kappa shape index (κ3) is 12.1. The summed E-state index contributed by atoms with van der Waals surface area (Å²) in [6, 6.07) is -1.68. The lowest BCUT2D eigenvalue weighted by atomic mass is 9.78. The fourth-order valence-corrected chi connectivity index (χ4v) is 3.74. The normalized spacial score (nSPS) is 16.6. The van der Waals surface area contributed by atoms with Crippen LogP contribution >= 0.6 is 0 Å². The van der Waals surface area contributed by atoms with Crippen molar-refractivity contribution in [1.82, 2.24) is 0 Å². The zero-order chi connectivity index (χ0) is 22.4. The summed E-state index contributed by atoms with van der Waals surface area (Å²) in [5, 5.41) is 9.09. The Morgan fingerprint density at radius 1 is 0.793 bits per heavy atom. The summed E-state index contributed by atoms with van der Waals surface area (Å²) in [4.78, 5) is 37.0. The van der Waals surface area contributed by atoms with Gasteiger partial charge in [-0.05, 0) is 25.2 Å². The van der Waals surface area contributed by atoms with E-state index in [1.54, 1.807) is 6.92 Å². The molecule has 0 fully saturated rings. The molecule has 0 saturated heterocycles. The van der Waals surface area contributed by atoms with Gasteiger partial charge in [-0.25, -0.2) is 0 Å². The third-order valence-electron chi connectivity index (χ3n) is 5.49. The highest BCUT2D eigenvalue weighted by atomic mass is 16.4. The van der Waals surface area contributed by atoms with Crippen molar-refractivity contribution in [2.75, 3.05) is 0 Å². The minimum Gasteiger partial charge on any atom is -0.480 e. The SMILES string of the molecule is CCCCCC(N)CC(=O)C(C(=O)CC(N)CCCCC)C(C)C[C@H](N)C(=O)O. The zero-order valence-electron chi connectivity index (χ0n) is 18.6. The minimum absolute atomic E-state index is 0.0631. The first-order chi connectivity index (χ1) is 13.6. The number of unbranched alkanes of at least 4 members (excludes halogenated alkanes) is 4. The maximum Gasteiger partial charge on any atom is 0.320 e. The minimum atomic E-state index is -1.14. The quantitative estimate of drug-likeness (QED) is 0.199. The molecule has 7 heteroatoms. The van der Waals surface area contributed by atoms with Crippen molar-refractivity contribution in [3.63, 3.8) is 0 Å². The molecule has 0 rings (SSSR count). The third-order valence-corrected chi connectivity index (χ3v) is 5.49. The number of carboxylic acid groups (broad SMARTS) is 1. The summed E-state index contributed by atoms with van der Waals surface area (Å²) in [7, 11) is 0. The summed E-state index contributed by atoms with van der Waals surface area (Å²) in [5.74, 6) is -2.93. The highest BCUT2D eigenvalue weighted by Gasteiger charge is 2.34. The van der Waals surface area contributed by atoms with Gasteiger partial charge in [0.25, 0.3) is 0 Å². The molecule has 0 heterocycles. The average Bonchev–Trinajstić information content (AvgIpc) is 2.61. The Labute approximate surface area is 176 Å². The van der Waals surface area contributed by atoms with Crippen LogP contribution in [0, 0.1) is 11.8 Å². The molecule has 0 aromatic heterocycles. The Bertz CT molecular complexity index is 468. The number of nitrogens with two attached hydrogens (primary N) is 3. The molecule has 7 nitrogen and oxygen atoms in total. The number of carbonyl (C=O) groups excluding carboxylic acids is 2. The number of carbonyl (C=O) groups is 3. The fraction of sp³-hybridized carbons (Fsp3) is 0.864. The van der Waals surface area contributed by atoms with Gasteiger partial charge in [-0.1, -0.05) is 59.3 Å². The van der Waals surface area contributed by atoms with Crippen LogP contribution < -0.4 is 17.2 Å². The molecule has 0 saturated carbocycles. The van der Waals surface area contributed by atoms with Gasteiger partial charge >= 0.3 is 5.97 Å². The molecule has 0 bridgehead atoms. The largest absolute Gasteiger partial charge is 0.480 e. The van der Waals surface area contributed by atoms with Crippen LogP contribution in [0.1, 0.15) is 91.4 Å². The van der Waals surface area contributed by atoms with Crippen molar-refractivity contribution >= 4 is 17.5 Å². The summed E-state index contributed by atoms with van der Waals surface area (Å²) in [6.07, 6.45) is 7.94. The van der Waals surface area contributed by atoms with Crippen LogP contribution in [-0.2, 0) is 14.4 Å². The van der Waals surface area contributed by atoms with Crippen LogP contribution in [0.4, 0.5) is 0 Å². The summed E-state index contributed by atoms with van der Waals surface area (Å²) < 4.78 is 0. The molecular weight excluding hydrogens is 370 g/mol.